The highest BCUT2D eigenvalue weighted by atomic mass is 19.1. The van der Waals surface area contributed by atoms with Gasteiger partial charge in [0.25, 0.3) is 0 Å². The highest BCUT2D eigenvalue weighted by molar-refractivity contribution is 5.62. The molecule has 2 aromatic heterocycles. The van der Waals surface area contributed by atoms with Crippen LogP contribution in [0, 0.1) is 5.95 Å². The molecule has 1 aliphatic rings. The number of nitrogens with one attached hydrogen (secondary N) is 1. The van der Waals surface area contributed by atoms with Crippen molar-refractivity contribution in [3.8, 4) is 17.0 Å². The van der Waals surface area contributed by atoms with Gasteiger partial charge >= 0.3 is 0 Å². The van der Waals surface area contributed by atoms with Gasteiger partial charge in [-0.05, 0) is 56.3 Å². The number of ether oxygens (including phenoxy) is 2. The first-order chi connectivity index (χ1) is 16.2. The summed E-state index contributed by atoms with van der Waals surface area (Å²) in [5, 5.41) is 3.22. The minimum atomic E-state index is -0.551. The third-order valence-electron chi connectivity index (χ3n) is 5.35. The van der Waals surface area contributed by atoms with E-state index in [1.807, 2.05) is 18.2 Å². The Hall–Kier alpha value is -3.36. The Kier molecular flexibility index (Phi) is 7.94. The maximum absolute atomic E-state index is 13.5. The van der Waals surface area contributed by atoms with Crippen LogP contribution >= 0.6 is 0 Å². The van der Waals surface area contributed by atoms with Crippen LogP contribution in [0.1, 0.15) is 18.4 Å². The SMILES string of the molecule is C=CCOCc1cc(Nc2nccc(-c3ccnc(F)c3)n2)ccc1OCCN1CCCC1. The van der Waals surface area contributed by atoms with Crippen molar-refractivity contribution >= 4 is 11.6 Å². The zero-order chi connectivity index (χ0) is 22.9. The van der Waals surface area contributed by atoms with Gasteiger partial charge in [0.1, 0.15) is 12.4 Å². The number of aromatic nitrogens is 3. The second-order valence-electron chi connectivity index (χ2n) is 7.78. The lowest BCUT2D eigenvalue weighted by molar-refractivity contribution is 0.144. The van der Waals surface area contributed by atoms with Crippen molar-refractivity contribution in [2.24, 2.45) is 0 Å². The summed E-state index contributed by atoms with van der Waals surface area (Å²) in [6.07, 6.45) is 7.29. The number of nitrogens with zero attached hydrogens (tertiary/aromatic N) is 4. The fourth-order valence-electron chi connectivity index (χ4n) is 3.72. The van der Waals surface area contributed by atoms with Crippen LogP contribution in [-0.2, 0) is 11.3 Å². The first-order valence-electron chi connectivity index (χ1n) is 11.1. The molecular formula is C25H28FN5O2. The summed E-state index contributed by atoms with van der Waals surface area (Å²) in [5.74, 6) is 0.654. The Morgan fingerprint density at radius 2 is 1.94 bits per heavy atom. The van der Waals surface area contributed by atoms with Crippen LogP contribution in [0.4, 0.5) is 16.0 Å². The van der Waals surface area contributed by atoms with E-state index in [9.17, 15) is 4.39 Å². The lowest BCUT2D eigenvalue weighted by atomic mass is 10.2. The molecule has 172 valence electrons. The largest absolute Gasteiger partial charge is 0.492 e. The maximum atomic E-state index is 13.5. The van der Waals surface area contributed by atoms with Gasteiger partial charge in [0.15, 0.2) is 0 Å². The molecule has 0 unspecified atom stereocenters. The normalized spacial score (nSPS) is 13.7. The third kappa shape index (κ3) is 6.57. The Morgan fingerprint density at radius 3 is 2.76 bits per heavy atom. The molecule has 1 fully saturated rings. The Balaban J connectivity index is 1.47. The molecular weight excluding hydrogens is 421 g/mol. The van der Waals surface area contributed by atoms with Crippen molar-refractivity contribution in [3.05, 3.63) is 73.0 Å². The molecule has 1 aromatic carbocycles. The number of pyridine rings is 1. The number of likely N-dealkylation sites (tertiary alicyclic amines) is 1. The van der Waals surface area contributed by atoms with E-state index in [2.05, 4.69) is 31.7 Å². The summed E-state index contributed by atoms with van der Waals surface area (Å²) < 4.78 is 25.2. The maximum Gasteiger partial charge on any atom is 0.227 e. The second-order valence-corrected chi connectivity index (χ2v) is 7.78. The lowest BCUT2D eigenvalue weighted by Gasteiger charge is -2.17. The molecule has 1 aliphatic heterocycles. The van der Waals surface area contributed by atoms with Gasteiger partial charge in [0.2, 0.25) is 11.9 Å². The van der Waals surface area contributed by atoms with Crippen LogP contribution in [-0.4, -0.2) is 52.7 Å². The lowest BCUT2D eigenvalue weighted by Crippen LogP contribution is -2.25. The summed E-state index contributed by atoms with van der Waals surface area (Å²) in [4.78, 5) is 14.8. The van der Waals surface area contributed by atoms with Crippen LogP contribution in [0.5, 0.6) is 5.75 Å². The van der Waals surface area contributed by atoms with Crippen LogP contribution in [0.3, 0.4) is 0 Å². The number of hydrogen-bond acceptors (Lipinski definition) is 7. The summed E-state index contributed by atoms with van der Waals surface area (Å²) >= 11 is 0. The quantitative estimate of drug-likeness (QED) is 0.261. The van der Waals surface area contributed by atoms with Crippen molar-refractivity contribution in [1.82, 2.24) is 19.9 Å². The Bertz CT molecular complexity index is 1070. The van der Waals surface area contributed by atoms with E-state index >= 15 is 0 Å². The van der Waals surface area contributed by atoms with E-state index in [1.165, 1.54) is 25.1 Å². The predicted octanol–water partition coefficient (Wildman–Crippen LogP) is 4.60. The van der Waals surface area contributed by atoms with E-state index in [0.29, 0.717) is 37.0 Å². The summed E-state index contributed by atoms with van der Waals surface area (Å²) in [6.45, 7) is 8.40. The van der Waals surface area contributed by atoms with Crippen molar-refractivity contribution in [2.45, 2.75) is 19.4 Å². The van der Waals surface area contributed by atoms with Gasteiger partial charge in [0, 0.05) is 41.8 Å². The topological polar surface area (TPSA) is 72.4 Å². The predicted molar refractivity (Wildman–Crippen MR) is 126 cm³/mol. The summed E-state index contributed by atoms with van der Waals surface area (Å²) in [5.41, 5.74) is 2.96. The number of rotatable bonds is 11. The van der Waals surface area contributed by atoms with Crippen molar-refractivity contribution in [2.75, 3.05) is 38.2 Å². The molecule has 0 saturated carbocycles. The van der Waals surface area contributed by atoms with Crippen LogP contribution in [0.15, 0.2) is 61.4 Å². The fourth-order valence-corrected chi connectivity index (χ4v) is 3.72. The van der Waals surface area contributed by atoms with Gasteiger partial charge in [-0.1, -0.05) is 6.08 Å². The molecule has 0 aliphatic carbocycles. The molecule has 0 bridgehead atoms. The van der Waals surface area contributed by atoms with E-state index < -0.39 is 5.95 Å². The van der Waals surface area contributed by atoms with Crippen molar-refractivity contribution in [3.63, 3.8) is 0 Å². The van der Waals surface area contributed by atoms with Gasteiger partial charge in [-0.2, -0.15) is 4.39 Å². The van der Waals surface area contributed by atoms with Gasteiger partial charge in [-0.3, -0.25) is 4.90 Å². The fraction of sp³-hybridized carbons (Fsp3) is 0.320. The van der Waals surface area contributed by atoms with Crippen molar-refractivity contribution < 1.29 is 13.9 Å². The standard InChI is InChI=1S/C25H28FN5O2/c1-2-14-32-18-20-16-21(5-6-23(20)33-15-13-31-11-3-4-12-31)29-25-28-10-8-22(30-25)19-7-9-27-24(26)17-19/h2,5-10,16-17H,1,3-4,11-15,18H2,(H,28,29,30). The molecule has 4 rings (SSSR count). The highest BCUT2D eigenvalue weighted by Crippen LogP contribution is 2.26. The Morgan fingerprint density at radius 1 is 1.09 bits per heavy atom. The molecule has 0 amide bonds. The molecule has 0 atom stereocenters. The van der Waals surface area contributed by atoms with Gasteiger partial charge < -0.3 is 14.8 Å². The molecule has 3 heterocycles. The smallest absolute Gasteiger partial charge is 0.227 e. The van der Waals surface area contributed by atoms with Crippen LogP contribution in [0.2, 0.25) is 0 Å². The first-order valence-corrected chi connectivity index (χ1v) is 11.1. The Labute approximate surface area is 193 Å². The van der Waals surface area contributed by atoms with Crippen LogP contribution < -0.4 is 10.1 Å². The van der Waals surface area contributed by atoms with Crippen molar-refractivity contribution in [1.29, 1.82) is 0 Å². The third-order valence-corrected chi connectivity index (χ3v) is 5.35. The molecule has 1 N–H and O–H groups in total. The number of halogens is 1. The number of anilines is 2. The number of benzene rings is 1. The second kappa shape index (κ2) is 11.5. The average molecular weight is 450 g/mol. The molecule has 8 heteroatoms. The minimum absolute atomic E-state index is 0.401. The highest BCUT2D eigenvalue weighted by Gasteiger charge is 2.12. The zero-order valence-corrected chi connectivity index (χ0v) is 18.5. The zero-order valence-electron chi connectivity index (χ0n) is 18.5. The summed E-state index contributed by atoms with van der Waals surface area (Å²) in [6, 6.07) is 10.6. The minimum Gasteiger partial charge on any atom is -0.492 e. The van der Waals surface area contributed by atoms with E-state index in [-0.39, 0.29) is 0 Å². The van der Waals surface area contributed by atoms with E-state index in [1.54, 1.807) is 24.4 Å². The van der Waals surface area contributed by atoms with Gasteiger partial charge in [0.05, 0.1) is 18.9 Å². The number of hydrogen-bond donors (Lipinski definition) is 1. The molecule has 3 aromatic rings. The van der Waals surface area contributed by atoms with Crippen LogP contribution in [0.25, 0.3) is 11.3 Å². The molecule has 7 nitrogen and oxygen atoms in total. The molecule has 1 saturated heterocycles. The molecule has 0 spiro atoms. The molecule has 33 heavy (non-hydrogen) atoms. The molecule has 0 radical (unpaired) electrons. The monoisotopic (exact) mass is 449 g/mol. The van der Waals surface area contributed by atoms with Gasteiger partial charge in [-0.25, -0.2) is 15.0 Å². The van der Waals surface area contributed by atoms with Gasteiger partial charge in [-0.15, -0.1) is 6.58 Å². The average Bonchev–Trinajstić information content (AvgIpc) is 3.34. The van der Waals surface area contributed by atoms with E-state index in [0.717, 1.165) is 36.6 Å². The summed E-state index contributed by atoms with van der Waals surface area (Å²) in [7, 11) is 0. The van der Waals surface area contributed by atoms with E-state index in [4.69, 9.17) is 9.47 Å². The first kappa shape index (κ1) is 22.8.